The van der Waals surface area contributed by atoms with Crippen molar-refractivity contribution in [3.8, 4) is 0 Å². The smallest absolute Gasteiger partial charge is 0.0576 e. The first-order valence-electron chi connectivity index (χ1n) is 5.84. The molecule has 0 spiro atoms. The van der Waals surface area contributed by atoms with E-state index in [0.29, 0.717) is 6.04 Å². The second-order valence-electron chi connectivity index (χ2n) is 4.12. The number of rotatable bonds is 6. The van der Waals surface area contributed by atoms with Gasteiger partial charge in [0.05, 0.1) is 11.4 Å². The molecular formula is C13H22N2S. The predicted molar refractivity (Wildman–Crippen MR) is 76.3 cm³/mol. The number of nitrogens with two attached hydrogens (primary N) is 1. The summed E-state index contributed by atoms with van der Waals surface area (Å²) in [6, 6.07) is 6.64. The SMILES string of the molecule is CCSCCC(C)Nc1ccc(C)cc1N. The van der Waals surface area contributed by atoms with Crippen molar-refractivity contribution in [2.75, 3.05) is 22.6 Å². The summed E-state index contributed by atoms with van der Waals surface area (Å²) in [5.74, 6) is 2.40. The maximum atomic E-state index is 5.96. The van der Waals surface area contributed by atoms with Crippen LogP contribution in [-0.4, -0.2) is 17.5 Å². The van der Waals surface area contributed by atoms with Gasteiger partial charge in [-0.25, -0.2) is 0 Å². The molecule has 0 aliphatic heterocycles. The van der Waals surface area contributed by atoms with E-state index in [1.54, 1.807) is 0 Å². The van der Waals surface area contributed by atoms with Crippen molar-refractivity contribution in [1.82, 2.24) is 0 Å². The average Bonchev–Trinajstić information content (AvgIpc) is 2.23. The van der Waals surface area contributed by atoms with Gasteiger partial charge in [-0.3, -0.25) is 0 Å². The standard InChI is InChI=1S/C13H22N2S/c1-4-16-8-7-11(3)15-13-6-5-10(2)9-12(13)14/h5-6,9,11,15H,4,7-8,14H2,1-3H3. The lowest BCUT2D eigenvalue weighted by atomic mass is 10.1. The van der Waals surface area contributed by atoms with E-state index >= 15 is 0 Å². The maximum absolute atomic E-state index is 5.96. The Morgan fingerprint density at radius 2 is 2.19 bits per heavy atom. The second-order valence-corrected chi connectivity index (χ2v) is 5.52. The van der Waals surface area contributed by atoms with Crippen molar-refractivity contribution in [2.45, 2.75) is 33.2 Å². The lowest BCUT2D eigenvalue weighted by Gasteiger charge is -2.16. The Kier molecular flexibility index (Phi) is 5.53. The first kappa shape index (κ1) is 13.2. The molecule has 3 N–H and O–H groups in total. The number of benzene rings is 1. The highest BCUT2D eigenvalue weighted by Gasteiger charge is 2.04. The van der Waals surface area contributed by atoms with Gasteiger partial charge in [-0.05, 0) is 49.5 Å². The van der Waals surface area contributed by atoms with Crippen molar-refractivity contribution >= 4 is 23.1 Å². The lowest BCUT2D eigenvalue weighted by Crippen LogP contribution is -2.17. The van der Waals surface area contributed by atoms with Crippen LogP contribution in [0.1, 0.15) is 25.8 Å². The molecule has 0 saturated heterocycles. The van der Waals surface area contributed by atoms with Crippen molar-refractivity contribution < 1.29 is 0 Å². The first-order chi connectivity index (χ1) is 7.63. The Morgan fingerprint density at radius 3 is 2.81 bits per heavy atom. The molecule has 0 aromatic heterocycles. The zero-order valence-corrected chi connectivity index (χ0v) is 11.2. The second kappa shape index (κ2) is 6.69. The molecule has 0 aliphatic carbocycles. The van der Waals surface area contributed by atoms with Gasteiger partial charge >= 0.3 is 0 Å². The Hall–Kier alpha value is -0.830. The minimum Gasteiger partial charge on any atom is -0.397 e. The molecule has 1 atom stereocenters. The largest absolute Gasteiger partial charge is 0.397 e. The van der Waals surface area contributed by atoms with E-state index in [4.69, 9.17) is 5.73 Å². The summed E-state index contributed by atoms with van der Waals surface area (Å²) >= 11 is 1.98. The topological polar surface area (TPSA) is 38.0 Å². The molecule has 2 nitrogen and oxygen atoms in total. The number of nitrogens with one attached hydrogen (secondary N) is 1. The van der Waals surface area contributed by atoms with Crippen molar-refractivity contribution in [2.24, 2.45) is 0 Å². The van der Waals surface area contributed by atoms with Crippen LogP contribution in [-0.2, 0) is 0 Å². The summed E-state index contributed by atoms with van der Waals surface area (Å²) in [5, 5.41) is 3.46. The molecule has 0 amide bonds. The third-order valence-corrected chi connectivity index (χ3v) is 3.44. The van der Waals surface area contributed by atoms with E-state index in [-0.39, 0.29) is 0 Å². The summed E-state index contributed by atoms with van der Waals surface area (Å²) in [7, 11) is 0. The quantitative estimate of drug-likeness (QED) is 0.588. The molecule has 3 heteroatoms. The van der Waals surface area contributed by atoms with Crippen LogP contribution in [0, 0.1) is 6.92 Å². The fourth-order valence-corrected chi connectivity index (χ4v) is 2.36. The van der Waals surface area contributed by atoms with E-state index in [9.17, 15) is 0 Å². The number of thioether (sulfide) groups is 1. The van der Waals surface area contributed by atoms with Gasteiger partial charge < -0.3 is 11.1 Å². The summed E-state index contributed by atoms with van der Waals surface area (Å²) in [5.41, 5.74) is 9.06. The lowest BCUT2D eigenvalue weighted by molar-refractivity contribution is 0.772. The Labute approximate surface area is 103 Å². The molecular weight excluding hydrogens is 216 g/mol. The van der Waals surface area contributed by atoms with Gasteiger partial charge in [0.2, 0.25) is 0 Å². The molecule has 0 saturated carbocycles. The van der Waals surface area contributed by atoms with Crippen LogP contribution in [0.4, 0.5) is 11.4 Å². The number of anilines is 2. The van der Waals surface area contributed by atoms with E-state index in [1.807, 2.05) is 17.8 Å². The third kappa shape index (κ3) is 4.35. The summed E-state index contributed by atoms with van der Waals surface area (Å²) < 4.78 is 0. The van der Waals surface area contributed by atoms with E-state index in [0.717, 1.165) is 11.4 Å². The van der Waals surface area contributed by atoms with Gasteiger partial charge in [-0.1, -0.05) is 13.0 Å². The van der Waals surface area contributed by atoms with E-state index < -0.39 is 0 Å². The normalized spacial score (nSPS) is 12.4. The fourth-order valence-electron chi connectivity index (χ4n) is 1.56. The number of nitrogen functional groups attached to an aromatic ring is 1. The molecule has 1 aromatic carbocycles. The van der Waals surface area contributed by atoms with Crippen molar-refractivity contribution in [3.63, 3.8) is 0 Å². The predicted octanol–water partition coefficient (Wildman–Crippen LogP) is 3.52. The summed E-state index contributed by atoms with van der Waals surface area (Å²) in [6.07, 6.45) is 1.17. The van der Waals surface area contributed by atoms with E-state index in [2.05, 4.69) is 38.2 Å². The van der Waals surface area contributed by atoms with Crippen LogP contribution < -0.4 is 11.1 Å². The van der Waals surface area contributed by atoms with Gasteiger partial charge in [-0.2, -0.15) is 11.8 Å². The minimum atomic E-state index is 0.476. The van der Waals surface area contributed by atoms with Gasteiger partial charge in [0, 0.05) is 6.04 Å². The highest BCUT2D eigenvalue weighted by atomic mass is 32.2. The highest BCUT2D eigenvalue weighted by molar-refractivity contribution is 7.99. The molecule has 1 aromatic rings. The van der Waals surface area contributed by atoms with Gasteiger partial charge in [0.1, 0.15) is 0 Å². The van der Waals surface area contributed by atoms with Crippen LogP contribution in [0.2, 0.25) is 0 Å². The summed E-state index contributed by atoms with van der Waals surface area (Å²) in [4.78, 5) is 0. The molecule has 0 aliphatic rings. The van der Waals surface area contributed by atoms with Crippen LogP contribution in [0.15, 0.2) is 18.2 Å². The number of hydrogen-bond acceptors (Lipinski definition) is 3. The molecule has 1 unspecified atom stereocenters. The third-order valence-electron chi connectivity index (χ3n) is 2.51. The zero-order chi connectivity index (χ0) is 12.0. The Bertz CT molecular complexity index is 326. The molecule has 0 fully saturated rings. The molecule has 90 valence electrons. The Morgan fingerprint density at radius 1 is 1.44 bits per heavy atom. The van der Waals surface area contributed by atoms with Crippen LogP contribution in [0.5, 0.6) is 0 Å². The van der Waals surface area contributed by atoms with Crippen LogP contribution in [0.25, 0.3) is 0 Å². The van der Waals surface area contributed by atoms with Gasteiger partial charge in [0.15, 0.2) is 0 Å². The van der Waals surface area contributed by atoms with Gasteiger partial charge in [0.25, 0.3) is 0 Å². The average molecular weight is 238 g/mol. The first-order valence-corrected chi connectivity index (χ1v) is 6.99. The van der Waals surface area contributed by atoms with Gasteiger partial charge in [-0.15, -0.1) is 0 Å². The zero-order valence-electron chi connectivity index (χ0n) is 10.4. The van der Waals surface area contributed by atoms with Crippen molar-refractivity contribution in [1.29, 1.82) is 0 Å². The molecule has 16 heavy (non-hydrogen) atoms. The Balaban J connectivity index is 2.46. The molecule has 0 bridgehead atoms. The molecule has 0 heterocycles. The number of aryl methyl sites for hydroxylation is 1. The van der Waals surface area contributed by atoms with Crippen molar-refractivity contribution in [3.05, 3.63) is 23.8 Å². The molecule has 1 rings (SSSR count). The van der Waals surface area contributed by atoms with Crippen LogP contribution in [0.3, 0.4) is 0 Å². The minimum absolute atomic E-state index is 0.476. The fraction of sp³-hybridized carbons (Fsp3) is 0.538. The highest BCUT2D eigenvalue weighted by Crippen LogP contribution is 2.21. The maximum Gasteiger partial charge on any atom is 0.0576 e. The monoisotopic (exact) mass is 238 g/mol. The molecule has 0 radical (unpaired) electrons. The number of hydrogen-bond donors (Lipinski definition) is 2. The van der Waals surface area contributed by atoms with E-state index in [1.165, 1.54) is 23.5 Å². The summed E-state index contributed by atoms with van der Waals surface area (Å²) in [6.45, 7) is 6.46. The van der Waals surface area contributed by atoms with Crippen LogP contribution >= 0.6 is 11.8 Å².